The Morgan fingerprint density at radius 1 is 1.11 bits per heavy atom. The van der Waals surface area contributed by atoms with Gasteiger partial charge < -0.3 is 19.5 Å². The Kier molecular flexibility index (Phi) is 7.78. The predicted molar refractivity (Wildman–Crippen MR) is 102 cm³/mol. The van der Waals surface area contributed by atoms with Crippen LogP contribution in [0.2, 0.25) is 5.02 Å². The van der Waals surface area contributed by atoms with Crippen LogP contribution >= 0.6 is 22.9 Å². The van der Waals surface area contributed by atoms with Gasteiger partial charge in [0.2, 0.25) is 0 Å². The average molecular weight is 412 g/mol. The molecule has 27 heavy (non-hydrogen) atoms. The van der Waals surface area contributed by atoms with E-state index in [4.69, 9.17) is 21.1 Å². The van der Waals surface area contributed by atoms with Crippen LogP contribution in [0.3, 0.4) is 0 Å². The fourth-order valence-electron chi connectivity index (χ4n) is 2.08. The summed E-state index contributed by atoms with van der Waals surface area (Å²) >= 11 is 7.08. The van der Waals surface area contributed by atoms with E-state index in [0.29, 0.717) is 5.02 Å². The van der Waals surface area contributed by atoms with Crippen LogP contribution in [-0.4, -0.2) is 44.8 Å². The molecule has 1 aromatic carbocycles. The second-order valence-corrected chi connectivity index (χ2v) is 6.71. The number of halogens is 1. The maximum atomic E-state index is 12.2. The SMILES string of the molecule is CCOC(=O)c1sc(-c2ccc(Cl)cc2)cc1NC(=O)COC(=O)COC. The van der Waals surface area contributed by atoms with Gasteiger partial charge in [-0.05, 0) is 30.7 Å². The summed E-state index contributed by atoms with van der Waals surface area (Å²) in [6.45, 7) is 1.16. The van der Waals surface area contributed by atoms with Crippen molar-refractivity contribution < 1.29 is 28.6 Å². The summed E-state index contributed by atoms with van der Waals surface area (Å²) in [5, 5.41) is 3.17. The Hall–Kier alpha value is -2.42. The lowest BCUT2D eigenvalue weighted by Gasteiger charge is -2.07. The Bertz CT molecular complexity index is 818. The van der Waals surface area contributed by atoms with Crippen LogP contribution in [0.15, 0.2) is 30.3 Å². The molecule has 0 fully saturated rings. The van der Waals surface area contributed by atoms with Crippen LogP contribution in [-0.2, 0) is 23.8 Å². The van der Waals surface area contributed by atoms with E-state index < -0.39 is 24.5 Å². The number of hydrogen-bond acceptors (Lipinski definition) is 7. The molecule has 0 spiro atoms. The largest absolute Gasteiger partial charge is 0.462 e. The minimum atomic E-state index is -0.662. The molecule has 9 heteroatoms. The smallest absolute Gasteiger partial charge is 0.350 e. The van der Waals surface area contributed by atoms with Crippen molar-refractivity contribution >= 4 is 46.5 Å². The monoisotopic (exact) mass is 411 g/mol. The number of carbonyl (C=O) groups excluding carboxylic acids is 3. The fraction of sp³-hybridized carbons (Fsp3) is 0.278. The standard InChI is InChI=1S/C18H18ClNO6S/c1-3-25-18(23)17-13(20-15(21)9-26-16(22)10-24-2)8-14(27-17)11-4-6-12(19)7-5-11/h4-8H,3,9-10H2,1-2H3,(H,20,21). The van der Waals surface area contributed by atoms with Crippen molar-refractivity contribution in [3.05, 3.63) is 40.2 Å². The molecule has 1 amide bonds. The predicted octanol–water partition coefficient (Wildman–Crippen LogP) is 3.37. The Morgan fingerprint density at radius 2 is 1.81 bits per heavy atom. The van der Waals surface area contributed by atoms with E-state index in [0.717, 1.165) is 10.4 Å². The van der Waals surface area contributed by atoms with Crippen molar-refractivity contribution in [2.24, 2.45) is 0 Å². The lowest BCUT2D eigenvalue weighted by molar-refractivity contribution is -0.150. The van der Waals surface area contributed by atoms with Gasteiger partial charge in [-0.25, -0.2) is 9.59 Å². The molecule has 2 rings (SSSR count). The first-order valence-electron chi connectivity index (χ1n) is 7.96. The molecule has 0 aliphatic rings. The molecule has 1 N–H and O–H groups in total. The van der Waals surface area contributed by atoms with Gasteiger partial charge in [-0.3, -0.25) is 4.79 Å². The molecule has 0 aliphatic carbocycles. The molecular formula is C18H18ClNO6S. The summed E-state index contributed by atoms with van der Waals surface area (Å²) in [5.74, 6) is -1.79. The van der Waals surface area contributed by atoms with Crippen molar-refractivity contribution in [3.8, 4) is 10.4 Å². The van der Waals surface area contributed by atoms with E-state index in [1.54, 1.807) is 37.3 Å². The molecule has 0 radical (unpaired) electrons. The van der Waals surface area contributed by atoms with Crippen LogP contribution in [0, 0.1) is 0 Å². The zero-order valence-corrected chi connectivity index (χ0v) is 16.3. The van der Waals surface area contributed by atoms with Crippen LogP contribution in [0.1, 0.15) is 16.6 Å². The lowest BCUT2D eigenvalue weighted by Crippen LogP contribution is -2.23. The van der Waals surface area contributed by atoms with Gasteiger partial charge in [-0.2, -0.15) is 0 Å². The lowest BCUT2D eigenvalue weighted by atomic mass is 10.2. The molecule has 144 valence electrons. The van der Waals surface area contributed by atoms with Crippen molar-refractivity contribution in [2.75, 3.05) is 32.2 Å². The first-order chi connectivity index (χ1) is 12.9. The van der Waals surface area contributed by atoms with Gasteiger partial charge in [-0.15, -0.1) is 11.3 Å². The number of rotatable bonds is 8. The fourth-order valence-corrected chi connectivity index (χ4v) is 3.22. The highest BCUT2D eigenvalue weighted by molar-refractivity contribution is 7.18. The first kappa shape index (κ1) is 20.9. The molecule has 0 saturated carbocycles. The van der Waals surface area contributed by atoms with Gasteiger partial charge in [-0.1, -0.05) is 23.7 Å². The Morgan fingerprint density at radius 3 is 2.44 bits per heavy atom. The second-order valence-electron chi connectivity index (χ2n) is 5.22. The molecular weight excluding hydrogens is 394 g/mol. The maximum absolute atomic E-state index is 12.2. The zero-order valence-electron chi connectivity index (χ0n) is 14.7. The first-order valence-corrected chi connectivity index (χ1v) is 9.15. The van der Waals surface area contributed by atoms with E-state index in [2.05, 4.69) is 10.1 Å². The van der Waals surface area contributed by atoms with Crippen LogP contribution in [0.4, 0.5) is 5.69 Å². The van der Waals surface area contributed by atoms with Gasteiger partial charge in [0.05, 0.1) is 12.3 Å². The van der Waals surface area contributed by atoms with E-state index in [-0.39, 0.29) is 23.8 Å². The Balaban J connectivity index is 2.19. The molecule has 0 saturated heterocycles. The highest BCUT2D eigenvalue weighted by atomic mass is 35.5. The van der Waals surface area contributed by atoms with Crippen molar-refractivity contribution in [1.82, 2.24) is 0 Å². The summed E-state index contributed by atoms with van der Waals surface area (Å²) in [5.41, 5.74) is 1.12. The number of amides is 1. The van der Waals surface area contributed by atoms with E-state index in [1.165, 1.54) is 18.4 Å². The highest BCUT2D eigenvalue weighted by Crippen LogP contribution is 2.35. The van der Waals surface area contributed by atoms with E-state index in [9.17, 15) is 14.4 Å². The summed E-state index contributed by atoms with van der Waals surface area (Å²) in [4.78, 5) is 36.5. The molecule has 7 nitrogen and oxygen atoms in total. The van der Waals surface area contributed by atoms with Gasteiger partial charge in [0.25, 0.3) is 5.91 Å². The molecule has 0 atom stereocenters. The number of nitrogens with one attached hydrogen (secondary N) is 1. The van der Waals surface area contributed by atoms with Gasteiger partial charge in [0, 0.05) is 17.0 Å². The topological polar surface area (TPSA) is 90.9 Å². The average Bonchev–Trinajstić information content (AvgIpc) is 3.05. The molecule has 0 unspecified atom stereocenters. The Labute approximate surface area is 165 Å². The third-order valence-corrected chi connectivity index (χ3v) is 4.64. The normalized spacial score (nSPS) is 10.3. The van der Waals surface area contributed by atoms with Gasteiger partial charge in [0.1, 0.15) is 11.5 Å². The summed E-state index contributed by atoms with van der Waals surface area (Å²) in [6.07, 6.45) is 0. The number of hydrogen-bond donors (Lipinski definition) is 1. The summed E-state index contributed by atoms with van der Waals surface area (Å²) < 4.78 is 14.4. The number of carbonyl (C=O) groups is 3. The molecule has 1 aromatic heterocycles. The number of benzene rings is 1. The number of ether oxygens (including phenoxy) is 3. The minimum absolute atomic E-state index is 0.203. The van der Waals surface area contributed by atoms with Crippen molar-refractivity contribution in [2.45, 2.75) is 6.92 Å². The number of methoxy groups -OCH3 is 1. The third-order valence-electron chi connectivity index (χ3n) is 3.22. The third kappa shape index (κ3) is 6.06. The van der Waals surface area contributed by atoms with Crippen LogP contribution < -0.4 is 5.32 Å². The van der Waals surface area contributed by atoms with Crippen LogP contribution in [0.25, 0.3) is 10.4 Å². The highest BCUT2D eigenvalue weighted by Gasteiger charge is 2.20. The van der Waals surface area contributed by atoms with E-state index in [1.807, 2.05) is 0 Å². The molecule has 0 aliphatic heterocycles. The molecule has 1 heterocycles. The maximum Gasteiger partial charge on any atom is 0.350 e. The van der Waals surface area contributed by atoms with Gasteiger partial charge in [0.15, 0.2) is 6.61 Å². The second kappa shape index (κ2) is 10.1. The number of anilines is 1. The molecule has 2 aromatic rings. The quantitative estimate of drug-likeness (QED) is 0.669. The number of thiophene rings is 1. The van der Waals surface area contributed by atoms with Gasteiger partial charge >= 0.3 is 11.9 Å². The summed E-state index contributed by atoms with van der Waals surface area (Å²) in [7, 11) is 1.34. The molecule has 0 bridgehead atoms. The summed E-state index contributed by atoms with van der Waals surface area (Å²) in [6, 6.07) is 8.74. The number of esters is 2. The zero-order chi connectivity index (χ0) is 19.8. The van der Waals surface area contributed by atoms with E-state index >= 15 is 0 Å². The van der Waals surface area contributed by atoms with Crippen molar-refractivity contribution in [1.29, 1.82) is 0 Å². The van der Waals surface area contributed by atoms with Crippen LogP contribution in [0.5, 0.6) is 0 Å². The van der Waals surface area contributed by atoms with Crippen molar-refractivity contribution in [3.63, 3.8) is 0 Å². The minimum Gasteiger partial charge on any atom is -0.462 e.